The van der Waals surface area contributed by atoms with Crippen molar-refractivity contribution in [3.8, 4) is 0 Å². The molecule has 0 atom stereocenters. The number of nitrogens with one attached hydrogen (secondary N) is 1. The van der Waals surface area contributed by atoms with Gasteiger partial charge < -0.3 is 0 Å². The fourth-order valence-electron chi connectivity index (χ4n) is 2.08. The fourth-order valence-corrected chi connectivity index (χ4v) is 2.08. The van der Waals surface area contributed by atoms with Crippen LogP contribution in [-0.2, 0) is 11.4 Å². The normalized spacial score (nSPS) is 16.5. The van der Waals surface area contributed by atoms with E-state index in [0.29, 0.717) is 19.4 Å². The van der Waals surface area contributed by atoms with Crippen LogP contribution < -0.4 is 0 Å². The Hall–Kier alpha value is -1.46. The average Bonchev–Trinajstić information content (AvgIpc) is 3.17. The highest BCUT2D eigenvalue weighted by atomic mass is 19.1. The predicted molar refractivity (Wildman–Crippen MR) is 76.8 cm³/mol. The number of hydroxylamine groups is 1. The first kappa shape index (κ1) is 14.9. The van der Waals surface area contributed by atoms with E-state index in [2.05, 4.69) is 0 Å². The van der Waals surface area contributed by atoms with Gasteiger partial charge in [0.15, 0.2) is 11.5 Å². The molecule has 2 rings (SSSR count). The maximum Gasteiger partial charge on any atom is 0.169 e. The molecule has 4 nitrogen and oxygen atoms in total. The van der Waals surface area contributed by atoms with E-state index in [0.717, 1.165) is 5.56 Å². The highest BCUT2D eigenvalue weighted by Gasteiger charge is 2.51. The molecule has 5 heteroatoms. The van der Waals surface area contributed by atoms with Crippen molar-refractivity contribution in [2.45, 2.75) is 45.0 Å². The summed E-state index contributed by atoms with van der Waals surface area (Å²) in [5, 5.41) is 11.1. The zero-order valence-corrected chi connectivity index (χ0v) is 12.3. The Kier molecular flexibility index (Phi) is 4.40. The SMILES string of the molecule is CC(C)N(C(=N)C1(F)CC1)N(C)OCc1ccccc1. The molecule has 0 amide bonds. The van der Waals surface area contributed by atoms with Crippen molar-refractivity contribution in [1.82, 2.24) is 10.2 Å². The molecule has 0 saturated heterocycles. The number of hydrogen-bond acceptors (Lipinski definition) is 3. The molecule has 0 aliphatic heterocycles. The summed E-state index contributed by atoms with van der Waals surface area (Å²) >= 11 is 0. The van der Waals surface area contributed by atoms with Gasteiger partial charge in [-0.1, -0.05) is 30.3 Å². The van der Waals surface area contributed by atoms with E-state index in [-0.39, 0.29) is 11.9 Å². The van der Waals surface area contributed by atoms with Crippen molar-refractivity contribution in [2.75, 3.05) is 7.05 Å². The fraction of sp³-hybridized carbons (Fsp3) is 0.533. The first-order valence-corrected chi connectivity index (χ1v) is 6.92. The number of alkyl halides is 1. The minimum absolute atomic E-state index is 0.0111. The Morgan fingerprint density at radius 3 is 2.45 bits per heavy atom. The number of hydrazine groups is 1. The van der Waals surface area contributed by atoms with Gasteiger partial charge in [-0.15, -0.1) is 5.17 Å². The molecule has 0 radical (unpaired) electrons. The molecular weight excluding hydrogens is 257 g/mol. The Morgan fingerprint density at radius 2 is 1.95 bits per heavy atom. The topological polar surface area (TPSA) is 39.6 Å². The van der Waals surface area contributed by atoms with Gasteiger partial charge in [0.2, 0.25) is 0 Å². The highest BCUT2D eigenvalue weighted by molar-refractivity contribution is 5.90. The minimum Gasteiger partial charge on any atom is -0.284 e. The van der Waals surface area contributed by atoms with Crippen molar-refractivity contribution in [2.24, 2.45) is 0 Å². The van der Waals surface area contributed by atoms with Crippen LogP contribution in [0.15, 0.2) is 30.3 Å². The van der Waals surface area contributed by atoms with E-state index in [4.69, 9.17) is 10.2 Å². The molecule has 0 aromatic heterocycles. The second-order valence-corrected chi connectivity index (χ2v) is 5.48. The summed E-state index contributed by atoms with van der Waals surface area (Å²) in [6.45, 7) is 4.23. The zero-order chi connectivity index (χ0) is 14.8. The summed E-state index contributed by atoms with van der Waals surface area (Å²) in [7, 11) is 1.71. The number of benzene rings is 1. The van der Waals surface area contributed by atoms with Crippen LogP contribution in [0, 0.1) is 5.41 Å². The molecule has 1 aliphatic carbocycles. The summed E-state index contributed by atoms with van der Waals surface area (Å²) in [5.74, 6) is -0.0111. The van der Waals surface area contributed by atoms with Gasteiger partial charge in [-0.25, -0.2) is 4.39 Å². The lowest BCUT2D eigenvalue weighted by Gasteiger charge is -2.37. The lowest BCUT2D eigenvalue weighted by Crippen LogP contribution is -2.51. The molecule has 1 fully saturated rings. The van der Waals surface area contributed by atoms with Gasteiger partial charge in [0.1, 0.15) is 0 Å². The number of amidine groups is 1. The smallest absolute Gasteiger partial charge is 0.169 e. The quantitative estimate of drug-likeness (QED) is 0.494. The van der Waals surface area contributed by atoms with E-state index in [1.165, 1.54) is 5.17 Å². The molecule has 20 heavy (non-hydrogen) atoms. The van der Waals surface area contributed by atoms with E-state index in [1.807, 2.05) is 44.2 Å². The third-order valence-electron chi connectivity index (χ3n) is 3.40. The molecule has 1 aliphatic rings. The van der Waals surface area contributed by atoms with Crippen molar-refractivity contribution in [1.29, 1.82) is 5.41 Å². The monoisotopic (exact) mass is 279 g/mol. The van der Waals surface area contributed by atoms with Crippen molar-refractivity contribution in [3.05, 3.63) is 35.9 Å². The van der Waals surface area contributed by atoms with Crippen LogP contribution in [-0.4, -0.2) is 34.8 Å². The Balaban J connectivity index is 1.97. The van der Waals surface area contributed by atoms with Gasteiger partial charge in [-0.3, -0.25) is 15.3 Å². The molecule has 0 heterocycles. The molecule has 0 unspecified atom stereocenters. The van der Waals surface area contributed by atoms with Crippen molar-refractivity contribution in [3.63, 3.8) is 0 Å². The van der Waals surface area contributed by atoms with E-state index >= 15 is 0 Å². The van der Waals surface area contributed by atoms with Gasteiger partial charge >= 0.3 is 0 Å². The Labute approximate surface area is 119 Å². The highest BCUT2D eigenvalue weighted by Crippen LogP contribution is 2.42. The first-order chi connectivity index (χ1) is 9.44. The maximum absolute atomic E-state index is 14.1. The van der Waals surface area contributed by atoms with Gasteiger partial charge in [-0.05, 0) is 32.3 Å². The number of hydrogen-bond donors (Lipinski definition) is 1. The van der Waals surface area contributed by atoms with Crippen LogP contribution in [0.3, 0.4) is 0 Å². The first-order valence-electron chi connectivity index (χ1n) is 6.92. The largest absolute Gasteiger partial charge is 0.284 e. The minimum atomic E-state index is -1.46. The van der Waals surface area contributed by atoms with Gasteiger partial charge in [0.05, 0.1) is 6.61 Å². The standard InChI is InChI=1S/C15H22FN3O/c1-12(2)19(14(17)15(16)9-10-15)18(3)20-11-13-7-5-4-6-8-13/h4-8,12,17H,9-11H2,1-3H3. The lowest BCUT2D eigenvalue weighted by atomic mass is 10.2. The van der Waals surface area contributed by atoms with Gasteiger partial charge in [0, 0.05) is 13.1 Å². The maximum atomic E-state index is 14.1. The molecule has 1 N–H and O–H groups in total. The average molecular weight is 279 g/mol. The van der Waals surface area contributed by atoms with E-state index in [1.54, 1.807) is 12.1 Å². The van der Waals surface area contributed by atoms with Crippen LogP contribution >= 0.6 is 0 Å². The number of nitrogens with zero attached hydrogens (tertiary/aromatic N) is 2. The number of halogens is 1. The van der Waals surface area contributed by atoms with Crippen LogP contribution in [0.2, 0.25) is 0 Å². The Morgan fingerprint density at radius 1 is 1.35 bits per heavy atom. The third-order valence-corrected chi connectivity index (χ3v) is 3.40. The second-order valence-electron chi connectivity index (χ2n) is 5.48. The molecule has 110 valence electrons. The predicted octanol–water partition coefficient (Wildman–Crippen LogP) is 3.15. The molecule has 0 bridgehead atoms. The molecule has 1 saturated carbocycles. The van der Waals surface area contributed by atoms with E-state index in [9.17, 15) is 4.39 Å². The number of rotatable bonds is 6. The van der Waals surface area contributed by atoms with E-state index < -0.39 is 5.67 Å². The van der Waals surface area contributed by atoms with Crippen molar-refractivity contribution >= 4 is 5.84 Å². The molecule has 0 spiro atoms. The van der Waals surface area contributed by atoms with Crippen LogP contribution in [0.25, 0.3) is 0 Å². The summed E-state index contributed by atoms with van der Waals surface area (Å²) in [5.41, 5.74) is -0.426. The van der Waals surface area contributed by atoms with Gasteiger partial charge in [-0.2, -0.15) is 0 Å². The van der Waals surface area contributed by atoms with Gasteiger partial charge in [0.25, 0.3) is 0 Å². The summed E-state index contributed by atoms with van der Waals surface area (Å²) < 4.78 is 14.1. The Bertz CT molecular complexity index is 459. The summed E-state index contributed by atoms with van der Waals surface area (Å²) in [4.78, 5) is 5.65. The van der Waals surface area contributed by atoms with Crippen LogP contribution in [0.4, 0.5) is 4.39 Å². The summed E-state index contributed by atoms with van der Waals surface area (Å²) in [6.07, 6.45) is 0.864. The van der Waals surface area contributed by atoms with Crippen molar-refractivity contribution < 1.29 is 9.23 Å². The second kappa shape index (κ2) is 5.89. The molecule has 1 aromatic rings. The summed E-state index contributed by atoms with van der Waals surface area (Å²) in [6, 6.07) is 9.75. The van der Waals surface area contributed by atoms with Crippen LogP contribution in [0.1, 0.15) is 32.3 Å². The lowest BCUT2D eigenvalue weighted by molar-refractivity contribution is -0.258. The molecule has 1 aromatic carbocycles. The third kappa shape index (κ3) is 3.35. The van der Waals surface area contributed by atoms with Crippen LogP contribution in [0.5, 0.6) is 0 Å². The zero-order valence-electron chi connectivity index (χ0n) is 12.3. The molecular formula is C15H22FN3O.